The molecule has 0 aliphatic heterocycles. The molecule has 0 unspecified atom stereocenters. The summed E-state index contributed by atoms with van der Waals surface area (Å²) in [6, 6.07) is 15.5. The molecule has 0 saturated carbocycles. The van der Waals surface area contributed by atoms with Crippen LogP contribution in [0.2, 0.25) is 0 Å². The quantitative estimate of drug-likeness (QED) is 0.274. The molecular formula is C26H17F3N4O4. The standard InChI is InChI=1S/C26H17F3N4O4/c1-36-25(35)15-4-11-20-19(12-15)21-22(30-13-31-24(21)37-20)32-17-7-9-18(10-8-17)33-23(34)14-2-5-16(6-3-14)26(27,28)29/h2-13H,1H3,(H,33,34)(H,30,31,32). The Bertz CT molecular complexity index is 1630. The third-order valence-corrected chi connectivity index (χ3v) is 5.57. The third kappa shape index (κ3) is 4.79. The molecule has 8 nitrogen and oxygen atoms in total. The number of aromatic nitrogens is 2. The minimum atomic E-state index is -4.47. The summed E-state index contributed by atoms with van der Waals surface area (Å²) in [5.74, 6) is -0.595. The van der Waals surface area contributed by atoms with Gasteiger partial charge in [-0.25, -0.2) is 14.8 Å². The van der Waals surface area contributed by atoms with Crippen LogP contribution in [-0.2, 0) is 10.9 Å². The molecule has 2 heterocycles. The topological polar surface area (TPSA) is 106 Å². The van der Waals surface area contributed by atoms with Gasteiger partial charge in [0.15, 0.2) is 0 Å². The van der Waals surface area contributed by atoms with E-state index in [1.807, 2.05) is 0 Å². The second-order valence-electron chi connectivity index (χ2n) is 7.94. The van der Waals surface area contributed by atoms with Gasteiger partial charge in [0.1, 0.15) is 17.7 Å². The van der Waals surface area contributed by atoms with E-state index in [0.717, 1.165) is 24.3 Å². The Kier molecular flexibility index (Phi) is 5.96. The van der Waals surface area contributed by atoms with Crippen molar-refractivity contribution in [2.24, 2.45) is 0 Å². The molecule has 0 aliphatic carbocycles. The Morgan fingerprint density at radius 1 is 0.892 bits per heavy atom. The summed E-state index contributed by atoms with van der Waals surface area (Å²) in [5, 5.41) is 7.02. The zero-order valence-corrected chi connectivity index (χ0v) is 19.1. The van der Waals surface area contributed by atoms with Crippen molar-refractivity contribution in [3.05, 3.63) is 89.7 Å². The van der Waals surface area contributed by atoms with Gasteiger partial charge in [0.2, 0.25) is 5.71 Å². The monoisotopic (exact) mass is 506 g/mol. The summed E-state index contributed by atoms with van der Waals surface area (Å²) in [4.78, 5) is 32.9. The molecule has 0 saturated heterocycles. The summed E-state index contributed by atoms with van der Waals surface area (Å²) in [6.45, 7) is 0. The van der Waals surface area contributed by atoms with Crippen LogP contribution in [0.1, 0.15) is 26.3 Å². The van der Waals surface area contributed by atoms with Crippen molar-refractivity contribution in [3.8, 4) is 0 Å². The van der Waals surface area contributed by atoms with Gasteiger partial charge in [-0.1, -0.05) is 0 Å². The lowest BCUT2D eigenvalue weighted by atomic mass is 10.1. The van der Waals surface area contributed by atoms with E-state index in [0.29, 0.717) is 44.8 Å². The summed E-state index contributed by atoms with van der Waals surface area (Å²) >= 11 is 0. The minimum absolute atomic E-state index is 0.0942. The van der Waals surface area contributed by atoms with E-state index in [9.17, 15) is 22.8 Å². The van der Waals surface area contributed by atoms with E-state index in [-0.39, 0.29) is 5.56 Å². The maximum Gasteiger partial charge on any atom is 0.416 e. The smallest absolute Gasteiger partial charge is 0.416 e. The van der Waals surface area contributed by atoms with E-state index in [2.05, 4.69) is 20.6 Å². The van der Waals surface area contributed by atoms with Crippen molar-refractivity contribution in [2.45, 2.75) is 6.18 Å². The Hall–Kier alpha value is -4.93. The van der Waals surface area contributed by atoms with E-state index >= 15 is 0 Å². The Morgan fingerprint density at radius 3 is 2.24 bits per heavy atom. The van der Waals surface area contributed by atoms with Gasteiger partial charge in [0.05, 0.1) is 23.6 Å². The lowest BCUT2D eigenvalue weighted by molar-refractivity contribution is -0.137. The maximum atomic E-state index is 12.7. The average molecular weight is 506 g/mol. The number of rotatable bonds is 5. The van der Waals surface area contributed by atoms with Crippen LogP contribution in [-0.4, -0.2) is 29.0 Å². The predicted molar refractivity (Wildman–Crippen MR) is 130 cm³/mol. The lowest BCUT2D eigenvalue weighted by Gasteiger charge is -2.10. The Labute approximate surface area is 207 Å². The largest absolute Gasteiger partial charge is 0.465 e. The van der Waals surface area contributed by atoms with Gasteiger partial charge in [0.25, 0.3) is 5.91 Å². The highest BCUT2D eigenvalue weighted by molar-refractivity contribution is 6.11. The number of benzene rings is 3. The molecule has 2 N–H and O–H groups in total. The molecule has 37 heavy (non-hydrogen) atoms. The van der Waals surface area contributed by atoms with Gasteiger partial charge in [0, 0.05) is 22.3 Å². The molecule has 3 aromatic carbocycles. The number of nitrogens with zero attached hydrogens (tertiary/aromatic N) is 2. The van der Waals surface area contributed by atoms with Crippen LogP contribution in [0.15, 0.2) is 77.5 Å². The predicted octanol–water partition coefficient (Wildman–Crippen LogP) is 6.18. The molecule has 2 aromatic heterocycles. The van der Waals surface area contributed by atoms with E-state index < -0.39 is 23.6 Å². The SMILES string of the molecule is COC(=O)c1ccc2oc3ncnc(Nc4ccc(NC(=O)c5ccc(C(F)(F)F)cc5)cc4)c3c2c1. The number of carbonyl (C=O) groups is 2. The molecule has 0 atom stereocenters. The number of nitrogens with one attached hydrogen (secondary N) is 2. The number of fused-ring (bicyclic) bond motifs is 3. The second kappa shape index (κ2) is 9.26. The van der Waals surface area contributed by atoms with Crippen molar-refractivity contribution in [2.75, 3.05) is 17.7 Å². The van der Waals surface area contributed by atoms with Crippen LogP contribution in [0.25, 0.3) is 22.1 Å². The second-order valence-corrected chi connectivity index (χ2v) is 7.94. The molecule has 0 spiro atoms. The highest BCUT2D eigenvalue weighted by Crippen LogP contribution is 2.34. The number of furan rings is 1. The number of esters is 1. The lowest BCUT2D eigenvalue weighted by Crippen LogP contribution is -2.12. The molecule has 0 aliphatic rings. The summed E-state index contributed by atoms with van der Waals surface area (Å²) in [7, 11) is 1.30. The third-order valence-electron chi connectivity index (χ3n) is 5.57. The molecule has 1 amide bonds. The van der Waals surface area contributed by atoms with Crippen molar-refractivity contribution in [1.29, 1.82) is 0 Å². The van der Waals surface area contributed by atoms with Crippen molar-refractivity contribution < 1.29 is 31.9 Å². The number of amides is 1. The fraction of sp³-hybridized carbons (Fsp3) is 0.0769. The fourth-order valence-electron chi connectivity index (χ4n) is 3.74. The van der Waals surface area contributed by atoms with Gasteiger partial charge < -0.3 is 19.8 Å². The number of alkyl halides is 3. The van der Waals surface area contributed by atoms with Gasteiger partial charge in [-0.3, -0.25) is 4.79 Å². The van der Waals surface area contributed by atoms with Gasteiger partial charge in [-0.2, -0.15) is 13.2 Å². The number of halogens is 3. The number of ether oxygens (including phenoxy) is 1. The first-order valence-electron chi connectivity index (χ1n) is 10.8. The summed E-state index contributed by atoms with van der Waals surface area (Å²) in [6.07, 6.45) is -3.13. The highest BCUT2D eigenvalue weighted by Gasteiger charge is 2.30. The number of carbonyl (C=O) groups excluding carboxylic acids is 2. The van der Waals surface area contributed by atoms with Crippen LogP contribution in [0.4, 0.5) is 30.4 Å². The minimum Gasteiger partial charge on any atom is -0.465 e. The molecule has 5 rings (SSSR count). The zero-order valence-electron chi connectivity index (χ0n) is 19.1. The first kappa shape index (κ1) is 23.8. The van der Waals surface area contributed by atoms with Crippen LogP contribution in [0.3, 0.4) is 0 Å². The Balaban J connectivity index is 1.36. The first-order chi connectivity index (χ1) is 17.7. The van der Waals surface area contributed by atoms with Gasteiger partial charge >= 0.3 is 12.1 Å². The van der Waals surface area contributed by atoms with E-state index in [1.165, 1.54) is 13.4 Å². The molecular weight excluding hydrogens is 489 g/mol. The average Bonchev–Trinajstić information content (AvgIpc) is 3.27. The molecule has 5 aromatic rings. The highest BCUT2D eigenvalue weighted by atomic mass is 19.4. The summed E-state index contributed by atoms with van der Waals surface area (Å²) in [5.41, 5.74) is 1.54. The molecule has 0 fully saturated rings. The molecule has 186 valence electrons. The van der Waals surface area contributed by atoms with Gasteiger partial charge in [-0.15, -0.1) is 0 Å². The molecule has 11 heteroatoms. The molecule has 0 radical (unpaired) electrons. The zero-order chi connectivity index (χ0) is 26.2. The van der Waals surface area contributed by atoms with Gasteiger partial charge in [-0.05, 0) is 66.7 Å². The number of anilines is 3. The van der Waals surface area contributed by atoms with E-state index in [4.69, 9.17) is 9.15 Å². The van der Waals surface area contributed by atoms with E-state index in [1.54, 1.807) is 42.5 Å². The van der Waals surface area contributed by atoms with Crippen LogP contribution in [0.5, 0.6) is 0 Å². The van der Waals surface area contributed by atoms with Crippen LogP contribution >= 0.6 is 0 Å². The summed E-state index contributed by atoms with van der Waals surface area (Å²) < 4.78 is 48.8. The maximum absolute atomic E-state index is 12.7. The number of methoxy groups -OCH3 is 1. The van der Waals surface area contributed by atoms with Crippen molar-refractivity contribution in [3.63, 3.8) is 0 Å². The van der Waals surface area contributed by atoms with Crippen LogP contribution in [0, 0.1) is 0 Å². The number of hydrogen-bond acceptors (Lipinski definition) is 7. The van der Waals surface area contributed by atoms with Crippen LogP contribution < -0.4 is 10.6 Å². The normalized spacial score (nSPS) is 11.5. The number of hydrogen-bond donors (Lipinski definition) is 2. The molecule has 0 bridgehead atoms. The first-order valence-corrected chi connectivity index (χ1v) is 10.8. The van der Waals surface area contributed by atoms with Crippen molar-refractivity contribution >= 4 is 51.1 Å². The fourth-order valence-corrected chi connectivity index (χ4v) is 3.74. The Morgan fingerprint density at radius 2 is 1.57 bits per heavy atom. The van der Waals surface area contributed by atoms with Crippen molar-refractivity contribution in [1.82, 2.24) is 9.97 Å².